The molecular formula is C24H30ClNO4. The topological polar surface area (TPSA) is 48.0 Å². The highest BCUT2D eigenvalue weighted by Gasteiger charge is 2.26. The van der Waals surface area contributed by atoms with Crippen molar-refractivity contribution in [2.75, 3.05) is 34.4 Å². The number of methoxy groups -OCH3 is 2. The van der Waals surface area contributed by atoms with Crippen molar-refractivity contribution in [2.24, 2.45) is 0 Å². The molecule has 2 aromatic carbocycles. The van der Waals surface area contributed by atoms with Gasteiger partial charge in [0, 0.05) is 17.6 Å². The number of ether oxygens (including phenoxy) is 3. The lowest BCUT2D eigenvalue weighted by Crippen LogP contribution is -2.32. The van der Waals surface area contributed by atoms with Gasteiger partial charge in [0.2, 0.25) is 0 Å². The smallest absolute Gasteiger partial charge is 0.338 e. The molecule has 0 spiro atoms. The van der Waals surface area contributed by atoms with Crippen LogP contribution in [0.5, 0.6) is 11.5 Å². The first kappa shape index (κ1) is 22.4. The summed E-state index contributed by atoms with van der Waals surface area (Å²) < 4.78 is 16.3. The van der Waals surface area contributed by atoms with Gasteiger partial charge in [-0.15, -0.1) is 0 Å². The van der Waals surface area contributed by atoms with Gasteiger partial charge in [0.15, 0.2) is 11.5 Å². The van der Waals surface area contributed by atoms with E-state index in [0.29, 0.717) is 23.2 Å². The first-order valence-electron chi connectivity index (χ1n) is 10.4. The second-order valence-electron chi connectivity index (χ2n) is 7.64. The molecular weight excluding hydrogens is 402 g/mol. The summed E-state index contributed by atoms with van der Waals surface area (Å²) in [4.78, 5) is 14.4. The van der Waals surface area contributed by atoms with Crippen LogP contribution in [0.2, 0.25) is 5.02 Å². The number of nitrogens with zero attached hydrogens (tertiary/aromatic N) is 1. The lowest BCUT2D eigenvalue weighted by molar-refractivity contribution is 0.0497. The molecule has 0 radical (unpaired) electrons. The second-order valence-corrected chi connectivity index (χ2v) is 8.08. The molecule has 1 unspecified atom stereocenters. The zero-order valence-electron chi connectivity index (χ0n) is 17.9. The number of carbonyl (C=O) groups excluding carboxylic acids is 1. The molecule has 1 aliphatic heterocycles. The molecule has 0 fully saturated rings. The number of esters is 1. The van der Waals surface area contributed by atoms with Gasteiger partial charge < -0.3 is 14.2 Å². The van der Waals surface area contributed by atoms with Crippen LogP contribution in [0, 0.1) is 0 Å². The molecule has 0 aliphatic carbocycles. The molecule has 3 rings (SSSR count). The molecule has 0 amide bonds. The Labute approximate surface area is 183 Å². The average Bonchev–Trinajstić information content (AvgIpc) is 2.76. The standard InChI is InChI=1S/C24H30ClNO4/c1-26-13-12-18-15-22(28-2)23(29-3)16-20(18)21(26)7-5-4-6-14-30-24(27)17-8-10-19(25)11-9-17/h8-11,15-16,21H,4-7,12-14H2,1-3H3. The van der Waals surface area contributed by atoms with E-state index in [9.17, 15) is 4.79 Å². The minimum Gasteiger partial charge on any atom is -0.493 e. The van der Waals surface area contributed by atoms with Crippen LogP contribution in [0.3, 0.4) is 0 Å². The van der Waals surface area contributed by atoms with E-state index in [-0.39, 0.29) is 5.97 Å². The first-order chi connectivity index (χ1) is 14.5. The summed E-state index contributed by atoms with van der Waals surface area (Å²) in [6, 6.07) is 11.4. The minimum atomic E-state index is -0.298. The average molecular weight is 432 g/mol. The van der Waals surface area contributed by atoms with E-state index in [1.165, 1.54) is 11.1 Å². The Morgan fingerprint density at radius 3 is 2.47 bits per heavy atom. The Balaban J connectivity index is 1.48. The van der Waals surface area contributed by atoms with Crippen molar-refractivity contribution < 1.29 is 19.0 Å². The zero-order chi connectivity index (χ0) is 21.5. The van der Waals surface area contributed by atoms with Crippen LogP contribution >= 0.6 is 11.6 Å². The summed E-state index contributed by atoms with van der Waals surface area (Å²) in [5.74, 6) is 1.28. The molecule has 2 aromatic rings. The zero-order valence-corrected chi connectivity index (χ0v) is 18.7. The molecule has 0 bridgehead atoms. The van der Waals surface area contributed by atoms with Crippen molar-refractivity contribution in [3.8, 4) is 11.5 Å². The fourth-order valence-electron chi connectivity index (χ4n) is 3.98. The van der Waals surface area contributed by atoms with Crippen molar-refractivity contribution in [3.63, 3.8) is 0 Å². The summed E-state index contributed by atoms with van der Waals surface area (Å²) in [5.41, 5.74) is 3.20. The summed E-state index contributed by atoms with van der Waals surface area (Å²) in [5, 5.41) is 0.608. The maximum Gasteiger partial charge on any atom is 0.338 e. The maximum atomic E-state index is 12.0. The van der Waals surface area contributed by atoms with E-state index in [1.54, 1.807) is 38.5 Å². The Morgan fingerprint density at radius 1 is 1.07 bits per heavy atom. The van der Waals surface area contributed by atoms with Gasteiger partial charge in [0.05, 0.1) is 26.4 Å². The van der Waals surface area contributed by atoms with Crippen LogP contribution in [0.1, 0.15) is 53.2 Å². The molecule has 162 valence electrons. The maximum absolute atomic E-state index is 12.0. The predicted molar refractivity (Wildman–Crippen MR) is 119 cm³/mol. The number of hydrogen-bond acceptors (Lipinski definition) is 5. The van der Waals surface area contributed by atoms with Gasteiger partial charge in [0.25, 0.3) is 0 Å². The third-order valence-electron chi connectivity index (χ3n) is 5.71. The fourth-order valence-corrected chi connectivity index (χ4v) is 4.11. The summed E-state index contributed by atoms with van der Waals surface area (Å²) >= 11 is 5.85. The third-order valence-corrected chi connectivity index (χ3v) is 5.96. The molecule has 1 heterocycles. The fraction of sp³-hybridized carbons (Fsp3) is 0.458. The Kier molecular flexibility index (Phi) is 8.00. The molecule has 30 heavy (non-hydrogen) atoms. The van der Waals surface area contributed by atoms with Crippen LogP contribution in [-0.4, -0.2) is 45.3 Å². The summed E-state index contributed by atoms with van der Waals surface area (Å²) in [6.45, 7) is 1.47. The van der Waals surface area contributed by atoms with Crippen LogP contribution < -0.4 is 9.47 Å². The van der Waals surface area contributed by atoms with Crippen LogP contribution in [0.15, 0.2) is 36.4 Å². The van der Waals surface area contributed by atoms with Gasteiger partial charge in [-0.25, -0.2) is 4.79 Å². The highest BCUT2D eigenvalue weighted by atomic mass is 35.5. The van der Waals surface area contributed by atoms with Gasteiger partial charge in [0.1, 0.15) is 0 Å². The minimum absolute atomic E-state index is 0.298. The molecule has 0 N–H and O–H groups in total. The van der Waals surface area contributed by atoms with Gasteiger partial charge in [-0.2, -0.15) is 0 Å². The number of rotatable bonds is 9. The highest BCUT2D eigenvalue weighted by Crippen LogP contribution is 2.39. The van der Waals surface area contributed by atoms with E-state index >= 15 is 0 Å². The molecule has 1 aliphatic rings. The number of fused-ring (bicyclic) bond motifs is 1. The molecule has 1 atom stereocenters. The van der Waals surface area contributed by atoms with Crippen LogP contribution in [0.25, 0.3) is 0 Å². The van der Waals surface area contributed by atoms with Crippen molar-refractivity contribution in [3.05, 3.63) is 58.1 Å². The molecule has 0 aromatic heterocycles. The van der Waals surface area contributed by atoms with Crippen molar-refractivity contribution in [1.29, 1.82) is 0 Å². The summed E-state index contributed by atoms with van der Waals surface area (Å²) in [6.07, 6.45) is 5.02. The Hall–Kier alpha value is -2.24. The second kappa shape index (κ2) is 10.7. The normalized spacial score (nSPS) is 16.1. The van der Waals surface area contributed by atoms with Crippen molar-refractivity contribution >= 4 is 17.6 Å². The van der Waals surface area contributed by atoms with Gasteiger partial charge >= 0.3 is 5.97 Å². The first-order valence-corrected chi connectivity index (χ1v) is 10.8. The third kappa shape index (κ3) is 5.46. The van der Waals surface area contributed by atoms with E-state index in [4.69, 9.17) is 25.8 Å². The van der Waals surface area contributed by atoms with E-state index < -0.39 is 0 Å². The van der Waals surface area contributed by atoms with Crippen molar-refractivity contribution in [1.82, 2.24) is 4.90 Å². The Bertz CT molecular complexity index is 853. The Morgan fingerprint density at radius 2 is 1.77 bits per heavy atom. The molecule has 5 nitrogen and oxygen atoms in total. The van der Waals surface area contributed by atoms with Crippen LogP contribution in [0.4, 0.5) is 0 Å². The van der Waals surface area contributed by atoms with Gasteiger partial charge in [-0.3, -0.25) is 4.90 Å². The van der Waals surface area contributed by atoms with Gasteiger partial charge in [-0.05, 0) is 80.3 Å². The number of benzene rings is 2. The highest BCUT2D eigenvalue weighted by molar-refractivity contribution is 6.30. The lowest BCUT2D eigenvalue weighted by Gasteiger charge is -2.35. The summed E-state index contributed by atoms with van der Waals surface area (Å²) in [7, 11) is 5.53. The van der Waals surface area contributed by atoms with Gasteiger partial charge in [-0.1, -0.05) is 18.0 Å². The number of hydrogen-bond donors (Lipinski definition) is 0. The number of unbranched alkanes of at least 4 members (excludes halogenated alkanes) is 2. The quantitative estimate of drug-likeness (QED) is 0.398. The molecule has 6 heteroatoms. The number of carbonyl (C=O) groups is 1. The lowest BCUT2D eigenvalue weighted by atomic mass is 9.89. The molecule has 0 saturated carbocycles. The van der Waals surface area contributed by atoms with E-state index in [2.05, 4.69) is 24.1 Å². The number of halogens is 1. The monoisotopic (exact) mass is 431 g/mol. The predicted octanol–water partition coefficient (Wildman–Crippen LogP) is 5.30. The van der Waals surface area contributed by atoms with E-state index in [1.807, 2.05) is 0 Å². The van der Waals surface area contributed by atoms with Crippen molar-refractivity contribution in [2.45, 2.75) is 38.1 Å². The SMILES string of the molecule is COc1cc2c(cc1OC)C(CCCCCOC(=O)c1ccc(Cl)cc1)N(C)CC2. The van der Waals surface area contributed by atoms with E-state index in [0.717, 1.165) is 50.1 Å². The largest absolute Gasteiger partial charge is 0.493 e. The molecule has 0 saturated heterocycles. The van der Waals surface area contributed by atoms with Crippen LogP contribution in [-0.2, 0) is 11.2 Å². The number of likely N-dealkylation sites (N-methyl/N-ethyl adjacent to an activating group) is 1.